The Balaban J connectivity index is 2.34. The molecule has 0 N–H and O–H groups in total. The second-order valence-corrected chi connectivity index (χ2v) is 4.49. The fourth-order valence-corrected chi connectivity index (χ4v) is 2.32. The molecule has 0 aliphatic carbocycles. The number of rotatable bonds is 3. The van der Waals surface area contributed by atoms with E-state index in [0.717, 1.165) is 10.6 Å². The molecule has 1 atom stereocenters. The zero-order valence-electron chi connectivity index (χ0n) is 9.12. The van der Waals surface area contributed by atoms with Crippen molar-refractivity contribution in [3.63, 3.8) is 0 Å². The van der Waals surface area contributed by atoms with Gasteiger partial charge in [0.05, 0.1) is 6.07 Å². The highest BCUT2D eigenvalue weighted by atomic mass is 32.1. The Morgan fingerprint density at radius 3 is 2.65 bits per heavy atom. The van der Waals surface area contributed by atoms with Crippen molar-refractivity contribution in [1.29, 1.82) is 5.26 Å². The number of nitrogens with zero attached hydrogens (tertiary/aromatic N) is 3. The SMILES string of the molecule is CC(=O)[C@@H](C#N)c1nnc(-c2ccccc2)s1. The second kappa shape index (κ2) is 4.85. The van der Waals surface area contributed by atoms with Crippen LogP contribution in [0.4, 0.5) is 0 Å². The van der Waals surface area contributed by atoms with Crippen LogP contribution in [-0.2, 0) is 4.79 Å². The highest BCUT2D eigenvalue weighted by molar-refractivity contribution is 7.14. The number of hydrogen-bond acceptors (Lipinski definition) is 5. The van der Waals surface area contributed by atoms with E-state index >= 15 is 0 Å². The Morgan fingerprint density at radius 2 is 2.06 bits per heavy atom. The zero-order chi connectivity index (χ0) is 12.3. The Labute approximate surface area is 103 Å². The summed E-state index contributed by atoms with van der Waals surface area (Å²) in [6.45, 7) is 1.39. The number of benzene rings is 1. The standard InChI is InChI=1S/C12H9N3OS/c1-8(16)10(7-13)12-15-14-11(17-12)9-5-3-2-4-6-9/h2-6,10H,1H3/t10-/m1/s1. The van der Waals surface area contributed by atoms with Crippen LogP contribution in [0, 0.1) is 11.3 Å². The van der Waals surface area contributed by atoms with Crippen LogP contribution in [0.5, 0.6) is 0 Å². The van der Waals surface area contributed by atoms with Crippen molar-refractivity contribution in [1.82, 2.24) is 10.2 Å². The maximum atomic E-state index is 11.2. The molecule has 4 nitrogen and oxygen atoms in total. The quantitative estimate of drug-likeness (QED) is 0.830. The first-order valence-electron chi connectivity index (χ1n) is 5.01. The monoisotopic (exact) mass is 243 g/mol. The van der Waals surface area contributed by atoms with E-state index in [2.05, 4.69) is 10.2 Å². The molecule has 17 heavy (non-hydrogen) atoms. The summed E-state index contributed by atoms with van der Waals surface area (Å²) in [6, 6.07) is 11.5. The highest BCUT2D eigenvalue weighted by Crippen LogP contribution is 2.27. The van der Waals surface area contributed by atoms with Gasteiger partial charge in [0.25, 0.3) is 0 Å². The van der Waals surface area contributed by atoms with Crippen molar-refractivity contribution < 1.29 is 4.79 Å². The molecule has 0 spiro atoms. The molecule has 0 fully saturated rings. The van der Waals surface area contributed by atoms with Gasteiger partial charge in [-0.1, -0.05) is 41.7 Å². The third-order valence-corrected chi connectivity index (χ3v) is 3.28. The van der Waals surface area contributed by atoms with Crippen LogP contribution in [0.3, 0.4) is 0 Å². The van der Waals surface area contributed by atoms with Gasteiger partial charge >= 0.3 is 0 Å². The predicted octanol–water partition coefficient (Wildman–Crippen LogP) is 2.40. The van der Waals surface area contributed by atoms with Crippen LogP contribution in [0.2, 0.25) is 0 Å². The van der Waals surface area contributed by atoms with Crippen molar-refractivity contribution >= 4 is 17.1 Å². The summed E-state index contributed by atoms with van der Waals surface area (Å²) in [4.78, 5) is 11.2. The van der Waals surface area contributed by atoms with Crippen molar-refractivity contribution in [2.24, 2.45) is 0 Å². The van der Waals surface area contributed by atoms with Crippen LogP contribution >= 0.6 is 11.3 Å². The molecule has 0 saturated carbocycles. The summed E-state index contributed by atoms with van der Waals surface area (Å²) in [6.07, 6.45) is 0. The van der Waals surface area contributed by atoms with Gasteiger partial charge in [-0.25, -0.2) is 0 Å². The Hall–Kier alpha value is -2.06. The molecule has 0 amide bonds. The first kappa shape index (κ1) is 11.4. The van der Waals surface area contributed by atoms with Gasteiger partial charge in [0.15, 0.2) is 11.7 Å². The van der Waals surface area contributed by atoms with Gasteiger partial charge in [0, 0.05) is 5.56 Å². The second-order valence-electron chi connectivity index (χ2n) is 3.48. The van der Waals surface area contributed by atoms with E-state index in [1.54, 1.807) is 0 Å². The van der Waals surface area contributed by atoms with Crippen molar-refractivity contribution in [3.8, 4) is 16.6 Å². The maximum Gasteiger partial charge on any atom is 0.158 e. The summed E-state index contributed by atoms with van der Waals surface area (Å²) in [5.74, 6) is -1.01. The lowest BCUT2D eigenvalue weighted by Gasteiger charge is -1.96. The molecule has 0 bridgehead atoms. The average molecular weight is 243 g/mol. The van der Waals surface area contributed by atoms with Crippen molar-refractivity contribution in [3.05, 3.63) is 35.3 Å². The molecule has 1 aromatic heterocycles. The molecule has 5 heteroatoms. The molecule has 0 aliphatic rings. The number of carbonyl (C=O) groups excluding carboxylic acids is 1. The number of Topliss-reactive ketones (excluding diaryl/α,β-unsaturated/α-hetero) is 1. The van der Waals surface area contributed by atoms with Crippen LogP contribution in [-0.4, -0.2) is 16.0 Å². The lowest BCUT2D eigenvalue weighted by Crippen LogP contribution is -2.05. The number of nitriles is 1. The fraction of sp³-hybridized carbons (Fsp3) is 0.167. The van der Waals surface area contributed by atoms with E-state index in [0.29, 0.717) is 5.01 Å². The summed E-state index contributed by atoms with van der Waals surface area (Å²) in [5.41, 5.74) is 0.941. The third-order valence-electron chi connectivity index (χ3n) is 2.24. The number of carbonyl (C=O) groups is 1. The first-order valence-corrected chi connectivity index (χ1v) is 5.83. The molecule has 0 unspecified atom stereocenters. The van der Waals surface area contributed by atoms with E-state index in [9.17, 15) is 4.79 Å². The third kappa shape index (κ3) is 2.37. The van der Waals surface area contributed by atoms with Crippen LogP contribution < -0.4 is 0 Å². The average Bonchev–Trinajstić information content (AvgIpc) is 2.80. The number of aromatic nitrogens is 2. The molecule has 2 aromatic rings. The van der Waals surface area contributed by atoms with E-state index in [4.69, 9.17) is 5.26 Å². The molecule has 0 saturated heterocycles. The van der Waals surface area contributed by atoms with Crippen molar-refractivity contribution in [2.45, 2.75) is 12.8 Å². The Morgan fingerprint density at radius 1 is 1.35 bits per heavy atom. The summed E-state index contributed by atoms with van der Waals surface area (Å²) in [7, 11) is 0. The molecule has 1 aromatic carbocycles. The van der Waals surface area contributed by atoms with Gasteiger partial charge in [-0.3, -0.25) is 4.79 Å². The van der Waals surface area contributed by atoms with Crippen LogP contribution in [0.15, 0.2) is 30.3 Å². The molecule has 84 valence electrons. The Bertz CT molecular complexity index is 571. The minimum atomic E-state index is -0.801. The minimum Gasteiger partial charge on any atom is -0.298 e. The predicted molar refractivity (Wildman–Crippen MR) is 64.4 cm³/mol. The van der Waals surface area contributed by atoms with Gasteiger partial charge in [0.2, 0.25) is 0 Å². The topological polar surface area (TPSA) is 66.6 Å². The number of hydrogen-bond donors (Lipinski definition) is 0. The molecular formula is C12H9N3OS. The van der Waals surface area contributed by atoms with Crippen LogP contribution in [0.1, 0.15) is 17.8 Å². The smallest absolute Gasteiger partial charge is 0.158 e. The Kier molecular flexibility index (Phi) is 3.26. The molecular weight excluding hydrogens is 234 g/mol. The summed E-state index contributed by atoms with van der Waals surface area (Å²) in [5, 5.41) is 18.0. The van der Waals surface area contributed by atoms with Gasteiger partial charge < -0.3 is 0 Å². The fourth-order valence-electron chi connectivity index (χ4n) is 1.37. The van der Waals surface area contributed by atoms with Gasteiger partial charge in [-0.05, 0) is 6.92 Å². The largest absolute Gasteiger partial charge is 0.298 e. The lowest BCUT2D eigenvalue weighted by molar-refractivity contribution is -0.117. The molecule has 0 aliphatic heterocycles. The van der Waals surface area contributed by atoms with Gasteiger partial charge in [-0.15, -0.1) is 10.2 Å². The molecule has 1 heterocycles. The minimum absolute atomic E-state index is 0.205. The van der Waals surface area contributed by atoms with E-state index in [1.165, 1.54) is 18.3 Å². The maximum absolute atomic E-state index is 11.2. The molecule has 2 rings (SSSR count). The van der Waals surface area contributed by atoms with E-state index in [1.807, 2.05) is 36.4 Å². The van der Waals surface area contributed by atoms with E-state index in [-0.39, 0.29) is 5.78 Å². The first-order chi connectivity index (χ1) is 8.22. The van der Waals surface area contributed by atoms with Crippen LogP contribution in [0.25, 0.3) is 10.6 Å². The molecule has 0 radical (unpaired) electrons. The summed E-state index contributed by atoms with van der Waals surface area (Å²) >= 11 is 1.28. The van der Waals surface area contributed by atoms with Gasteiger partial charge in [-0.2, -0.15) is 5.26 Å². The van der Waals surface area contributed by atoms with Gasteiger partial charge in [0.1, 0.15) is 10.0 Å². The normalized spacial score (nSPS) is 11.8. The summed E-state index contributed by atoms with van der Waals surface area (Å²) < 4.78 is 0. The number of ketones is 1. The van der Waals surface area contributed by atoms with E-state index < -0.39 is 5.92 Å². The van der Waals surface area contributed by atoms with Crippen molar-refractivity contribution in [2.75, 3.05) is 0 Å². The zero-order valence-corrected chi connectivity index (χ0v) is 9.94. The highest BCUT2D eigenvalue weighted by Gasteiger charge is 2.21. The lowest BCUT2D eigenvalue weighted by atomic mass is 10.1.